The standard InChI is InChI=1S/C19H17F2N3OS/c20-14-3-1-11(7-15(14)21)13-5-6-22-9-17(13)24-19(25)12-2-4-16-18(8-12)26-10-23-16/h1-4,7-8,10,13,17,22H,5-6,9H2,(H,24,25). The largest absolute Gasteiger partial charge is 0.347 e. The van der Waals surface area contributed by atoms with Crippen LogP contribution in [0.25, 0.3) is 10.2 Å². The van der Waals surface area contributed by atoms with Crippen LogP contribution < -0.4 is 10.6 Å². The topological polar surface area (TPSA) is 54.0 Å². The van der Waals surface area contributed by atoms with Gasteiger partial charge in [0, 0.05) is 24.1 Å². The molecule has 1 aromatic heterocycles. The molecule has 2 aromatic carbocycles. The predicted molar refractivity (Wildman–Crippen MR) is 97.5 cm³/mol. The first-order valence-electron chi connectivity index (χ1n) is 8.41. The summed E-state index contributed by atoms with van der Waals surface area (Å²) in [5.74, 6) is -1.97. The summed E-state index contributed by atoms with van der Waals surface area (Å²) in [4.78, 5) is 16.9. The van der Waals surface area contributed by atoms with Gasteiger partial charge in [-0.05, 0) is 48.9 Å². The van der Waals surface area contributed by atoms with Crippen molar-refractivity contribution in [1.29, 1.82) is 0 Å². The SMILES string of the molecule is O=C(NC1CNCCC1c1ccc(F)c(F)c1)c1ccc2ncsc2c1. The molecule has 0 saturated carbocycles. The zero-order valence-electron chi connectivity index (χ0n) is 13.8. The highest BCUT2D eigenvalue weighted by Crippen LogP contribution is 2.27. The van der Waals surface area contributed by atoms with E-state index < -0.39 is 11.6 Å². The second-order valence-corrected chi connectivity index (χ2v) is 7.27. The monoisotopic (exact) mass is 373 g/mol. The molecular weight excluding hydrogens is 356 g/mol. The number of nitrogens with zero attached hydrogens (tertiary/aromatic N) is 1. The number of amides is 1. The predicted octanol–water partition coefficient (Wildman–Crippen LogP) is 3.45. The molecule has 2 N–H and O–H groups in total. The van der Waals surface area contributed by atoms with Gasteiger partial charge in [-0.1, -0.05) is 6.07 Å². The molecule has 0 bridgehead atoms. The van der Waals surface area contributed by atoms with Crippen LogP contribution in [0.3, 0.4) is 0 Å². The number of fused-ring (bicyclic) bond motifs is 1. The van der Waals surface area contributed by atoms with Gasteiger partial charge in [0.15, 0.2) is 11.6 Å². The Morgan fingerprint density at radius 3 is 2.92 bits per heavy atom. The Balaban J connectivity index is 1.55. The molecule has 7 heteroatoms. The fourth-order valence-electron chi connectivity index (χ4n) is 3.40. The highest BCUT2D eigenvalue weighted by molar-refractivity contribution is 7.16. The maximum atomic E-state index is 13.6. The zero-order valence-corrected chi connectivity index (χ0v) is 14.7. The molecular formula is C19H17F2N3OS. The van der Waals surface area contributed by atoms with E-state index in [9.17, 15) is 13.6 Å². The Morgan fingerprint density at radius 2 is 2.08 bits per heavy atom. The molecule has 0 aliphatic carbocycles. The van der Waals surface area contributed by atoms with Crippen molar-refractivity contribution in [2.75, 3.05) is 13.1 Å². The van der Waals surface area contributed by atoms with E-state index in [0.717, 1.165) is 29.2 Å². The lowest BCUT2D eigenvalue weighted by molar-refractivity contribution is 0.0924. The van der Waals surface area contributed by atoms with E-state index in [4.69, 9.17) is 0 Å². The number of benzene rings is 2. The normalized spacial score (nSPS) is 20.2. The van der Waals surface area contributed by atoms with Gasteiger partial charge in [-0.3, -0.25) is 4.79 Å². The van der Waals surface area contributed by atoms with Crippen molar-refractivity contribution in [3.63, 3.8) is 0 Å². The van der Waals surface area contributed by atoms with Gasteiger partial charge in [0.1, 0.15) is 0 Å². The molecule has 2 atom stereocenters. The van der Waals surface area contributed by atoms with Crippen LogP contribution in [0.5, 0.6) is 0 Å². The van der Waals surface area contributed by atoms with Crippen LogP contribution in [0.1, 0.15) is 28.3 Å². The second-order valence-electron chi connectivity index (χ2n) is 6.39. The lowest BCUT2D eigenvalue weighted by Gasteiger charge is -2.33. The van der Waals surface area contributed by atoms with Crippen molar-refractivity contribution in [1.82, 2.24) is 15.6 Å². The molecule has 1 amide bonds. The number of thiazole rings is 1. The molecule has 26 heavy (non-hydrogen) atoms. The van der Waals surface area contributed by atoms with Crippen molar-refractivity contribution in [2.24, 2.45) is 0 Å². The van der Waals surface area contributed by atoms with Crippen molar-refractivity contribution in [2.45, 2.75) is 18.4 Å². The van der Waals surface area contributed by atoms with Gasteiger partial charge in [0.2, 0.25) is 0 Å². The maximum absolute atomic E-state index is 13.6. The number of piperidine rings is 1. The van der Waals surface area contributed by atoms with E-state index in [1.165, 1.54) is 17.4 Å². The molecule has 0 radical (unpaired) electrons. The Kier molecular flexibility index (Phi) is 4.65. The summed E-state index contributed by atoms with van der Waals surface area (Å²) in [5, 5.41) is 6.29. The molecule has 4 nitrogen and oxygen atoms in total. The molecule has 2 unspecified atom stereocenters. The van der Waals surface area contributed by atoms with Crippen LogP contribution in [0.4, 0.5) is 8.78 Å². The summed E-state index contributed by atoms with van der Waals surface area (Å²) in [5.41, 5.74) is 3.88. The third-order valence-corrected chi connectivity index (χ3v) is 5.56. The molecule has 134 valence electrons. The Morgan fingerprint density at radius 1 is 1.19 bits per heavy atom. The number of carbonyl (C=O) groups is 1. The Labute approximate surface area is 153 Å². The first kappa shape index (κ1) is 17.1. The van der Waals surface area contributed by atoms with Crippen LogP contribution in [0.2, 0.25) is 0 Å². The molecule has 3 aromatic rings. The Bertz CT molecular complexity index is 959. The number of hydrogen-bond donors (Lipinski definition) is 2. The minimum atomic E-state index is -0.860. The first-order chi connectivity index (χ1) is 12.6. The van der Waals surface area contributed by atoms with Gasteiger partial charge in [-0.2, -0.15) is 0 Å². The summed E-state index contributed by atoms with van der Waals surface area (Å²) in [6.45, 7) is 1.35. The molecule has 1 saturated heterocycles. The van der Waals surface area contributed by atoms with Gasteiger partial charge in [0.05, 0.1) is 15.7 Å². The average Bonchev–Trinajstić information content (AvgIpc) is 3.12. The Hall–Kier alpha value is -2.38. The fraction of sp³-hybridized carbons (Fsp3) is 0.263. The minimum absolute atomic E-state index is 0.0672. The number of carbonyl (C=O) groups excluding carboxylic acids is 1. The smallest absolute Gasteiger partial charge is 0.251 e. The van der Waals surface area contributed by atoms with Crippen LogP contribution in [-0.2, 0) is 0 Å². The van der Waals surface area contributed by atoms with Crippen molar-refractivity contribution >= 4 is 27.5 Å². The highest BCUT2D eigenvalue weighted by atomic mass is 32.1. The second kappa shape index (κ2) is 7.09. The highest BCUT2D eigenvalue weighted by Gasteiger charge is 2.28. The summed E-state index contributed by atoms with van der Waals surface area (Å²) in [6, 6.07) is 9.17. The van der Waals surface area contributed by atoms with E-state index in [1.54, 1.807) is 17.6 Å². The van der Waals surface area contributed by atoms with Crippen LogP contribution in [0, 0.1) is 11.6 Å². The van der Waals surface area contributed by atoms with Crippen molar-refractivity contribution in [3.8, 4) is 0 Å². The summed E-state index contributed by atoms with van der Waals surface area (Å²) >= 11 is 1.48. The third kappa shape index (κ3) is 3.32. The first-order valence-corrected chi connectivity index (χ1v) is 9.29. The number of rotatable bonds is 3. The van der Waals surface area contributed by atoms with E-state index >= 15 is 0 Å². The van der Waals surface area contributed by atoms with Gasteiger partial charge in [0.25, 0.3) is 5.91 Å². The van der Waals surface area contributed by atoms with E-state index in [0.29, 0.717) is 17.7 Å². The number of halogens is 2. The molecule has 2 heterocycles. The quantitative estimate of drug-likeness (QED) is 0.739. The molecule has 4 rings (SSSR count). The van der Waals surface area contributed by atoms with Crippen molar-refractivity contribution in [3.05, 3.63) is 64.7 Å². The zero-order chi connectivity index (χ0) is 18.1. The maximum Gasteiger partial charge on any atom is 0.251 e. The fourth-order valence-corrected chi connectivity index (χ4v) is 4.12. The summed E-state index contributed by atoms with van der Waals surface area (Å²) < 4.78 is 27.8. The van der Waals surface area contributed by atoms with Gasteiger partial charge in [-0.15, -0.1) is 11.3 Å². The third-order valence-electron chi connectivity index (χ3n) is 4.76. The van der Waals surface area contributed by atoms with Crippen LogP contribution >= 0.6 is 11.3 Å². The number of hydrogen-bond acceptors (Lipinski definition) is 4. The van der Waals surface area contributed by atoms with Crippen LogP contribution in [0.15, 0.2) is 41.9 Å². The van der Waals surface area contributed by atoms with E-state index in [1.807, 2.05) is 12.1 Å². The molecule has 1 aliphatic rings. The number of nitrogens with one attached hydrogen (secondary N) is 2. The summed E-state index contributed by atoms with van der Waals surface area (Å²) in [6.07, 6.45) is 0.740. The minimum Gasteiger partial charge on any atom is -0.347 e. The van der Waals surface area contributed by atoms with Gasteiger partial charge < -0.3 is 10.6 Å². The lowest BCUT2D eigenvalue weighted by atomic mass is 9.85. The molecule has 1 fully saturated rings. The van der Waals surface area contributed by atoms with Crippen LogP contribution in [-0.4, -0.2) is 30.0 Å². The lowest BCUT2D eigenvalue weighted by Crippen LogP contribution is -2.50. The number of aromatic nitrogens is 1. The summed E-state index contributed by atoms with van der Waals surface area (Å²) in [7, 11) is 0. The van der Waals surface area contributed by atoms with Gasteiger partial charge >= 0.3 is 0 Å². The van der Waals surface area contributed by atoms with Gasteiger partial charge in [-0.25, -0.2) is 13.8 Å². The average molecular weight is 373 g/mol. The van der Waals surface area contributed by atoms with Crippen molar-refractivity contribution < 1.29 is 13.6 Å². The van der Waals surface area contributed by atoms with E-state index in [2.05, 4.69) is 15.6 Å². The van der Waals surface area contributed by atoms with E-state index in [-0.39, 0.29) is 17.9 Å². The molecule has 1 aliphatic heterocycles. The molecule has 0 spiro atoms.